The number of nitrogens with one attached hydrogen (secondary N) is 1. The predicted molar refractivity (Wildman–Crippen MR) is 103 cm³/mol. The van der Waals surface area contributed by atoms with Crippen LogP contribution >= 0.6 is 0 Å². The third-order valence-electron chi connectivity index (χ3n) is 4.50. The monoisotopic (exact) mass is 378 g/mol. The summed E-state index contributed by atoms with van der Waals surface area (Å²) >= 11 is 0. The van der Waals surface area contributed by atoms with Crippen LogP contribution in [-0.4, -0.2) is 20.7 Å². The van der Waals surface area contributed by atoms with Gasteiger partial charge in [-0.05, 0) is 44.2 Å². The lowest BCUT2D eigenvalue weighted by Crippen LogP contribution is -2.15. The molecule has 0 aliphatic carbocycles. The number of aryl methyl sites for hydroxylation is 1. The fourth-order valence-corrected chi connectivity index (χ4v) is 3.17. The fraction of sp³-hybridized carbons (Fsp3) is 0.0952. The Hall–Kier alpha value is -3.61. The number of aromatic nitrogens is 3. The number of hydrogen-bond acceptors (Lipinski definition) is 3. The highest BCUT2D eigenvalue weighted by Gasteiger charge is 2.21. The molecule has 140 valence electrons. The second-order valence-corrected chi connectivity index (χ2v) is 6.40. The summed E-state index contributed by atoms with van der Waals surface area (Å²) in [6, 6.07) is 14.4. The summed E-state index contributed by atoms with van der Waals surface area (Å²) in [4.78, 5) is 17.2. The number of pyridine rings is 1. The molecule has 2 aromatic carbocycles. The number of amides is 1. The summed E-state index contributed by atoms with van der Waals surface area (Å²) in [6.45, 7) is 3.32. The van der Waals surface area contributed by atoms with Gasteiger partial charge in [0.2, 0.25) is 0 Å². The Morgan fingerprint density at radius 3 is 2.61 bits per heavy atom. The van der Waals surface area contributed by atoms with E-state index in [0.29, 0.717) is 22.8 Å². The van der Waals surface area contributed by atoms with Crippen molar-refractivity contribution < 1.29 is 13.6 Å². The van der Waals surface area contributed by atoms with E-state index in [1.807, 2.05) is 30.3 Å². The van der Waals surface area contributed by atoms with Crippen LogP contribution in [0.3, 0.4) is 0 Å². The van der Waals surface area contributed by atoms with Gasteiger partial charge in [-0.1, -0.05) is 18.2 Å². The van der Waals surface area contributed by atoms with Crippen LogP contribution in [0.5, 0.6) is 0 Å². The van der Waals surface area contributed by atoms with E-state index >= 15 is 0 Å². The number of hydrogen-bond donors (Lipinski definition) is 1. The first-order valence-electron chi connectivity index (χ1n) is 8.63. The summed E-state index contributed by atoms with van der Waals surface area (Å²) in [5.74, 6) is -1.42. The number of carbonyl (C=O) groups is 1. The highest BCUT2D eigenvalue weighted by molar-refractivity contribution is 6.05. The molecule has 0 saturated carbocycles. The molecule has 7 heteroatoms. The third kappa shape index (κ3) is 3.11. The number of rotatable bonds is 3. The lowest BCUT2D eigenvalue weighted by molar-refractivity contribution is 0.102. The van der Waals surface area contributed by atoms with Crippen molar-refractivity contribution >= 4 is 22.6 Å². The smallest absolute Gasteiger partial charge is 0.260 e. The Bertz CT molecular complexity index is 1220. The van der Waals surface area contributed by atoms with Crippen LogP contribution in [0.1, 0.15) is 21.7 Å². The molecule has 0 saturated heterocycles. The average molecular weight is 378 g/mol. The quantitative estimate of drug-likeness (QED) is 0.568. The first-order chi connectivity index (χ1) is 13.4. The van der Waals surface area contributed by atoms with Crippen LogP contribution in [0, 0.1) is 25.5 Å². The molecule has 0 fully saturated rings. The normalized spacial score (nSPS) is 11.0. The van der Waals surface area contributed by atoms with E-state index in [-0.39, 0.29) is 5.69 Å². The lowest BCUT2D eigenvalue weighted by Gasteiger charge is -2.08. The van der Waals surface area contributed by atoms with Gasteiger partial charge in [0.25, 0.3) is 5.91 Å². The van der Waals surface area contributed by atoms with E-state index in [1.54, 1.807) is 19.9 Å². The van der Waals surface area contributed by atoms with Crippen molar-refractivity contribution in [2.75, 3.05) is 5.32 Å². The van der Waals surface area contributed by atoms with Gasteiger partial charge in [-0.25, -0.2) is 18.4 Å². The zero-order valence-corrected chi connectivity index (χ0v) is 15.2. The maximum atomic E-state index is 14.1. The van der Waals surface area contributed by atoms with Crippen LogP contribution in [0.2, 0.25) is 0 Å². The van der Waals surface area contributed by atoms with Crippen molar-refractivity contribution in [3.05, 3.63) is 83.2 Å². The SMILES string of the molecule is Cc1nn(-c2ccc(F)cc2F)c(C)c1C(=O)Nc1ccc2ccccc2n1. The molecule has 2 heterocycles. The standard InChI is InChI=1S/C21H16F2N4O/c1-12-20(13(2)27(26-12)18-9-8-15(22)11-16(18)23)21(28)25-19-10-7-14-5-3-4-6-17(14)24-19/h3-11H,1-2H3,(H,24,25,28). The maximum absolute atomic E-state index is 14.1. The predicted octanol–water partition coefficient (Wildman–Crippen LogP) is 4.57. The maximum Gasteiger partial charge on any atom is 0.260 e. The molecule has 0 bridgehead atoms. The zero-order chi connectivity index (χ0) is 19.8. The number of anilines is 1. The molecule has 0 radical (unpaired) electrons. The molecular formula is C21H16F2N4O. The van der Waals surface area contributed by atoms with Crippen molar-refractivity contribution in [3.63, 3.8) is 0 Å². The largest absolute Gasteiger partial charge is 0.306 e. The first-order valence-corrected chi connectivity index (χ1v) is 8.63. The molecule has 0 aliphatic rings. The number of fused-ring (bicyclic) bond motifs is 1. The minimum Gasteiger partial charge on any atom is -0.306 e. The second kappa shape index (κ2) is 6.84. The highest BCUT2D eigenvalue weighted by Crippen LogP contribution is 2.22. The Labute approximate surface area is 159 Å². The number of para-hydroxylation sites is 1. The second-order valence-electron chi connectivity index (χ2n) is 6.40. The summed E-state index contributed by atoms with van der Waals surface area (Å²) < 4.78 is 28.6. The van der Waals surface area contributed by atoms with Crippen LogP contribution in [-0.2, 0) is 0 Å². The van der Waals surface area contributed by atoms with E-state index < -0.39 is 17.5 Å². The topological polar surface area (TPSA) is 59.8 Å². The van der Waals surface area contributed by atoms with E-state index in [9.17, 15) is 13.6 Å². The van der Waals surface area contributed by atoms with Crippen molar-refractivity contribution in [1.29, 1.82) is 0 Å². The summed E-state index contributed by atoms with van der Waals surface area (Å²) in [6.07, 6.45) is 0. The molecule has 4 aromatic rings. The van der Waals surface area contributed by atoms with Gasteiger partial charge >= 0.3 is 0 Å². The molecule has 0 aliphatic heterocycles. The molecule has 0 spiro atoms. The molecule has 28 heavy (non-hydrogen) atoms. The van der Waals surface area contributed by atoms with Gasteiger partial charge in [-0.3, -0.25) is 4.79 Å². The third-order valence-corrected chi connectivity index (χ3v) is 4.50. The Morgan fingerprint density at radius 1 is 1.04 bits per heavy atom. The minimum atomic E-state index is -0.756. The van der Waals surface area contributed by atoms with Gasteiger partial charge < -0.3 is 5.32 Å². The van der Waals surface area contributed by atoms with Gasteiger partial charge in [-0.15, -0.1) is 0 Å². The van der Waals surface area contributed by atoms with Crippen LogP contribution in [0.4, 0.5) is 14.6 Å². The van der Waals surface area contributed by atoms with E-state index in [4.69, 9.17) is 0 Å². The van der Waals surface area contributed by atoms with Gasteiger partial charge in [0, 0.05) is 11.5 Å². The number of halogens is 2. The van der Waals surface area contributed by atoms with Crippen LogP contribution < -0.4 is 5.32 Å². The molecular weight excluding hydrogens is 362 g/mol. The van der Waals surface area contributed by atoms with E-state index in [2.05, 4.69) is 15.4 Å². The van der Waals surface area contributed by atoms with Gasteiger partial charge in [0.05, 0.1) is 22.5 Å². The van der Waals surface area contributed by atoms with E-state index in [0.717, 1.165) is 23.0 Å². The highest BCUT2D eigenvalue weighted by atomic mass is 19.1. The van der Waals surface area contributed by atoms with Gasteiger partial charge in [0.1, 0.15) is 17.3 Å². The molecule has 0 unspecified atom stereocenters. The Morgan fingerprint density at radius 2 is 1.82 bits per heavy atom. The average Bonchev–Trinajstić information content (AvgIpc) is 2.95. The Kier molecular flexibility index (Phi) is 4.35. The number of carbonyl (C=O) groups excluding carboxylic acids is 1. The van der Waals surface area contributed by atoms with Gasteiger partial charge in [0.15, 0.2) is 5.82 Å². The molecule has 5 nitrogen and oxygen atoms in total. The number of benzene rings is 2. The van der Waals surface area contributed by atoms with Gasteiger partial charge in [-0.2, -0.15) is 5.10 Å². The molecule has 4 rings (SSSR count). The molecule has 1 amide bonds. The van der Waals surface area contributed by atoms with Crippen molar-refractivity contribution in [3.8, 4) is 5.69 Å². The zero-order valence-electron chi connectivity index (χ0n) is 15.2. The van der Waals surface area contributed by atoms with Crippen LogP contribution in [0.25, 0.3) is 16.6 Å². The summed E-state index contributed by atoms with van der Waals surface area (Å²) in [7, 11) is 0. The molecule has 2 aromatic heterocycles. The van der Waals surface area contributed by atoms with Crippen molar-refractivity contribution in [2.24, 2.45) is 0 Å². The molecule has 1 N–H and O–H groups in total. The first kappa shape index (κ1) is 17.8. The summed E-state index contributed by atoms with van der Waals surface area (Å²) in [5, 5.41) is 7.99. The van der Waals surface area contributed by atoms with Crippen molar-refractivity contribution in [2.45, 2.75) is 13.8 Å². The fourth-order valence-electron chi connectivity index (χ4n) is 3.17. The summed E-state index contributed by atoms with van der Waals surface area (Å²) in [5.41, 5.74) is 2.03. The van der Waals surface area contributed by atoms with Crippen molar-refractivity contribution in [1.82, 2.24) is 14.8 Å². The molecule has 0 atom stereocenters. The Balaban J connectivity index is 1.68. The van der Waals surface area contributed by atoms with Crippen LogP contribution in [0.15, 0.2) is 54.6 Å². The van der Waals surface area contributed by atoms with E-state index in [1.165, 1.54) is 10.7 Å². The minimum absolute atomic E-state index is 0.0740. The number of nitrogens with zero attached hydrogens (tertiary/aromatic N) is 3. The lowest BCUT2D eigenvalue weighted by atomic mass is 10.1.